The van der Waals surface area contributed by atoms with Crippen LogP contribution in [0.1, 0.15) is 36.6 Å². The van der Waals surface area contributed by atoms with E-state index in [0.717, 1.165) is 0 Å². The highest BCUT2D eigenvalue weighted by atomic mass is 16.5. The zero-order valence-electron chi connectivity index (χ0n) is 16.1. The Morgan fingerprint density at radius 2 is 1.62 bits per heavy atom. The number of hydrogen-bond acceptors (Lipinski definition) is 8. The number of nitrogens with one attached hydrogen (secondary N) is 1. The number of rotatable bonds is 6. The minimum atomic E-state index is -0.766. The van der Waals surface area contributed by atoms with Crippen LogP contribution in [0.2, 0.25) is 0 Å². The van der Waals surface area contributed by atoms with E-state index in [0.29, 0.717) is 5.56 Å². The van der Waals surface area contributed by atoms with Gasteiger partial charge in [0.05, 0.1) is 36.6 Å². The highest BCUT2D eigenvalue weighted by Crippen LogP contribution is 2.20. The molecule has 9 nitrogen and oxygen atoms in total. The number of ether oxygens (including phenoxy) is 3. The van der Waals surface area contributed by atoms with Gasteiger partial charge in [-0.15, -0.1) is 0 Å². The van der Waals surface area contributed by atoms with E-state index in [4.69, 9.17) is 10.5 Å². The molecule has 0 fully saturated rings. The molecule has 0 aliphatic rings. The van der Waals surface area contributed by atoms with Crippen molar-refractivity contribution >= 4 is 35.2 Å². The summed E-state index contributed by atoms with van der Waals surface area (Å²) in [5.74, 6) is -2.87. The van der Waals surface area contributed by atoms with Gasteiger partial charge in [-0.2, -0.15) is 0 Å². The van der Waals surface area contributed by atoms with Crippen molar-refractivity contribution in [1.82, 2.24) is 0 Å². The Bertz CT molecular complexity index is 969. The standard InChI is InChI=1S/C20H20N2O7/c1-11-5-4-6-14(17(11)21)20(26)29-10-16(23)22-15-9-12(18(24)27-2)7-8-13(15)19(25)28-3/h4-9H,10,21H2,1-3H3,(H,22,23). The third-order valence-electron chi connectivity index (χ3n) is 4.00. The molecular formula is C20H20N2O7. The van der Waals surface area contributed by atoms with Crippen LogP contribution in [0.25, 0.3) is 0 Å². The number of anilines is 2. The summed E-state index contributed by atoms with van der Waals surface area (Å²) in [6.45, 7) is 1.11. The van der Waals surface area contributed by atoms with Crippen LogP contribution in [0.5, 0.6) is 0 Å². The number of para-hydroxylation sites is 1. The first-order valence-electron chi connectivity index (χ1n) is 8.41. The molecule has 0 radical (unpaired) electrons. The fraction of sp³-hybridized carbons (Fsp3) is 0.200. The molecule has 2 aromatic rings. The van der Waals surface area contributed by atoms with Crippen molar-refractivity contribution < 1.29 is 33.4 Å². The van der Waals surface area contributed by atoms with Gasteiger partial charge < -0.3 is 25.3 Å². The topological polar surface area (TPSA) is 134 Å². The minimum Gasteiger partial charge on any atom is -0.465 e. The molecule has 0 bridgehead atoms. The molecule has 0 aliphatic heterocycles. The second-order valence-electron chi connectivity index (χ2n) is 5.90. The summed E-state index contributed by atoms with van der Waals surface area (Å²) in [4.78, 5) is 48.0. The van der Waals surface area contributed by atoms with Crippen molar-refractivity contribution in [2.75, 3.05) is 31.9 Å². The molecule has 0 saturated heterocycles. The second kappa shape index (κ2) is 9.36. The van der Waals surface area contributed by atoms with Gasteiger partial charge in [0.1, 0.15) is 0 Å². The molecule has 0 heterocycles. The normalized spacial score (nSPS) is 10.0. The average molecular weight is 400 g/mol. The minimum absolute atomic E-state index is 0.0101. The maximum absolute atomic E-state index is 12.2. The van der Waals surface area contributed by atoms with E-state index in [1.807, 2.05) is 0 Å². The van der Waals surface area contributed by atoms with Crippen LogP contribution in [0.15, 0.2) is 36.4 Å². The van der Waals surface area contributed by atoms with Crippen LogP contribution < -0.4 is 11.1 Å². The van der Waals surface area contributed by atoms with Crippen LogP contribution in [0.3, 0.4) is 0 Å². The third kappa shape index (κ3) is 5.10. The summed E-state index contributed by atoms with van der Waals surface area (Å²) in [7, 11) is 2.38. The number of nitrogen functional groups attached to an aromatic ring is 1. The Hall–Kier alpha value is -3.88. The fourth-order valence-corrected chi connectivity index (χ4v) is 2.43. The van der Waals surface area contributed by atoms with E-state index in [1.165, 1.54) is 38.5 Å². The van der Waals surface area contributed by atoms with Gasteiger partial charge in [0.15, 0.2) is 6.61 Å². The SMILES string of the molecule is COC(=O)c1ccc(C(=O)OC)c(NC(=O)COC(=O)c2cccc(C)c2N)c1. The number of nitrogens with two attached hydrogens (primary N) is 1. The number of aryl methyl sites for hydroxylation is 1. The van der Waals surface area contributed by atoms with Crippen molar-refractivity contribution in [2.45, 2.75) is 6.92 Å². The Labute approximate surface area is 166 Å². The van der Waals surface area contributed by atoms with Gasteiger partial charge in [-0.3, -0.25) is 4.79 Å². The number of amides is 1. The van der Waals surface area contributed by atoms with E-state index < -0.39 is 30.4 Å². The molecular weight excluding hydrogens is 380 g/mol. The lowest BCUT2D eigenvalue weighted by molar-refractivity contribution is -0.119. The number of carbonyl (C=O) groups is 4. The number of esters is 3. The second-order valence-corrected chi connectivity index (χ2v) is 5.90. The van der Waals surface area contributed by atoms with Gasteiger partial charge in [0.2, 0.25) is 0 Å². The van der Waals surface area contributed by atoms with Crippen molar-refractivity contribution in [3.8, 4) is 0 Å². The van der Waals surface area contributed by atoms with Crippen LogP contribution in [0, 0.1) is 6.92 Å². The summed E-state index contributed by atoms with van der Waals surface area (Å²) in [6.07, 6.45) is 0. The summed E-state index contributed by atoms with van der Waals surface area (Å²) in [5, 5.41) is 2.42. The van der Waals surface area contributed by atoms with Crippen molar-refractivity contribution in [2.24, 2.45) is 0 Å². The molecule has 2 aromatic carbocycles. The summed E-state index contributed by atoms with van der Waals surface area (Å²) >= 11 is 0. The number of carbonyl (C=O) groups excluding carboxylic acids is 4. The molecule has 3 N–H and O–H groups in total. The van der Waals surface area contributed by atoms with E-state index in [-0.39, 0.29) is 28.1 Å². The van der Waals surface area contributed by atoms with Crippen LogP contribution in [0.4, 0.5) is 11.4 Å². The van der Waals surface area contributed by atoms with Gasteiger partial charge >= 0.3 is 17.9 Å². The Morgan fingerprint density at radius 1 is 0.931 bits per heavy atom. The molecule has 0 aromatic heterocycles. The summed E-state index contributed by atoms with van der Waals surface area (Å²) in [5.41, 5.74) is 7.08. The monoisotopic (exact) mass is 400 g/mol. The molecule has 1 amide bonds. The highest BCUT2D eigenvalue weighted by molar-refractivity contribution is 6.04. The quantitative estimate of drug-likeness (QED) is 0.427. The van der Waals surface area contributed by atoms with E-state index in [2.05, 4.69) is 14.8 Å². The van der Waals surface area contributed by atoms with Gasteiger partial charge in [-0.1, -0.05) is 12.1 Å². The van der Waals surface area contributed by atoms with Crippen molar-refractivity contribution in [1.29, 1.82) is 0 Å². The lowest BCUT2D eigenvalue weighted by atomic mass is 10.1. The van der Waals surface area contributed by atoms with Gasteiger partial charge in [0, 0.05) is 5.69 Å². The van der Waals surface area contributed by atoms with Crippen LogP contribution in [-0.2, 0) is 19.0 Å². The van der Waals surface area contributed by atoms with E-state index >= 15 is 0 Å². The van der Waals surface area contributed by atoms with Crippen LogP contribution in [-0.4, -0.2) is 44.6 Å². The molecule has 9 heteroatoms. The lowest BCUT2D eigenvalue weighted by Crippen LogP contribution is -2.23. The van der Waals surface area contributed by atoms with Crippen LogP contribution >= 0.6 is 0 Å². The summed E-state index contributed by atoms with van der Waals surface area (Å²) in [6, 6.07) is 8.79. The van der Waals surface area contributed by atoms with Gasteiger partial charge in [-0.25, -0.2) is 14.4 Å². The smallest absolute Gasteiger partial charge is 0.340 e. The molecule has 0 saturated carbocycles. The lowest BCUT2D eigenvalue weighted by Gasteiger charge is -2.12. The maximum Gasteiger partial charge on any atom is 0.340 e. The van der Waals surface area contributed by atoms with Gasteiger partial charge in [0.25, 0.3) is 5.91 Å². The molecule has 0 atom stereocenters. The third-order valence-corrected chi connectivity index (χ3v) is 4.00. The number of hydrogen-bond donors (Lipinski definition) is 2. The highest BCUT2D eigenvalue weighted by Gasteiger charge is 2.19. The summed E-state index contributed by atoms with van der Waals surface area (Å²) < 4.78 is 14.3. The average Bonchev–Trinajstić information content (AvgIpc) is 2.72. The Balaban J connectivity index is 2.14. The van der Waals surface area contributed by atoms with Crippen molar-refractivity contribution in [3.63, 3.8) is 0 Å². The first kappa shape index (κ1) is 21.4. The Morgan fingerprint density at radius 3 is 2.28 bits per heavy atom. The predicted octanol–water partition coefficient (Wildman–Crippen LogP) is 1.95. The van der Waals surface area contributed by atoms with Gasteiger partial charge in [-0.05, 0) is 36.8 Å². The molecule has 29 heavy (non-hydrogen) atoms. The van der Waals surface area contributed by atoms with Crippen molar-refractivity contribution in [3.05, 3.63) is 58.7 Å². The predicted molar refractivity (Wildman–Crippen MR) is 104 cm³/mol. The van der Waals surface area contributed by atoms with E-state index in [1.54, 1.807) is 19.1 Å². The maximum atomic E-state index is 12.2. The zero-order valence-corrected chi connectivity index (χ0v) is 16.1. The molecule has 152 valence electrons. The first-order valence-corrected chi connectivity index (χ1v) is 8.41. The van der Waals surface area contributed by atoms with E-state index in [9.17, 15) is 19.2 Å². The number of benzene rings is 2. The Kier molecular flexibility index (Phi) is 6.91. The number of methoxy groups -OCH3 is 2. The molecule has 0 aliphatic carbocycles. The molecule has 0 unspecified atom stereocenters. The fourth-order valence-electron chi connectivity index (χ4n) is 2.43. The molecule has 2 rings (SSSR count). The largest absolute Gasteiger partial charge is 0.465 e. The first-order chi connectivity index (χ1) is 13.8. The molecule has 0 spiro atoms. The zero-order chi connectivity index (χ0) is 21.6.